The number of carbonyl (C=O) groups excluding carboxylic acids is 1. The van der Waals surface area contributed by atoms with E-state index in [1.54, 1.807) is 7.11 Å². The molecule has 0 aliphatic carbocycles. The second kappa shape index (κ2) is 8.30. The van der Waals surface area contributed by atoms with Crippen LogP contribution in [0, 0.1) is 0 Å². The molecule has 0 saturated carbocycles. The van der Waals surface area contributed by atoms with Crippen LogP contribution in [-0.4, -0.2) is 31.7 Å². The van der Waals surface area contributed by atoms with E-state index < -0.39 is 0 Å². The molecule has 106 valence electrons. The number of hydrogen-bond acceptors (Lipinski definition) is 3. The minimum atomic E-state index is -0.210. The molecular formula is C14H21BrN2O2. The fourth-order valence-electron chi connectivity index (χ4n) is 1.87. The number of rotatable bonds is 7. The first-order valence-electron chi connectivity index (χ1n) is 6.31. The van der Waals surface area contributed by atoms with E-state index in [0.717, 1.165) is 10.9 Å². The Morgan fingerprint density at radius 3 is 2.84 bits per heavy atom. The summed E-state index contributed by atoms with van der Waals surface area (Å²) in [5.74, 6) is -0.0280. The van der Waals surface area contributed by atoms with Crippen LogP contribution < -0.4 is 11.1 Å². The Hall–Kier alpha value is -0.910. The Morgan fingerprint density at radius 1 is 1.53 bits per heavy atom. The first-order chi connectivity index (χ1) is 9.05. The van der Waals surface area contributed by atoms with Crippen LogP contribution in [0.3, 0.4) is 0 Å². The van der Waals surface area contributed by atoms with Gasteiger partial charge in [-0.2, -0.15) is 0 Å². The number of benzene rings is 1. The molecule has 1 aromatic carbocycles. The monoisotopic (exact) mass is 328 g/mol. The number of carbonyl (C=O) groups is 1. The second-order valence-corrected chi connectivity index (χ2v) is 5.52. The molecule has 0 spiro atoms. The molecular weight excluding hydrogens is 308 g/mol. The average Bonchev–Trinajstić information content (AvgIpc) is 2.35. The quantitative estimate of drug-likeness (QED) is 0.803. The predicted octanol–water partition coefficient (Wildman–Crippen LogP) is 1.86. The Balaban J connectivity index is 2.42. The number of ether oxygens (including phenoxy) is 1. The maximum atomic E-state index is 11.8. The summed E-state index contributed by atoms with van der Waals surface area (Å²) >= 11 is 3.44. The number of methoxy groups -OCH3 is 1. The minimum absolute atomic E-state index is 0.0280. The molecule has 0 heterocycles. The number of hydrogen-bond donors (Lipinski definition) is 2. The van der Waals surface area contributed by atoms with Gasteiger partial charge in [0.2, 0.25) is 5.91 Å². The summed E-state index contributed by atoms with van der Waals surface area (Å²) in [4.78, 5) is 11.8. The lowest BCUT2D eigenvalue weighted by Crippen LogP contribution is -2.37. The van der Waals surface area contributed by atoms with Gasteiger partial charge in [0.15, 0.2) is 0 Å². The molecule has 0 fully saturated rings. The van der Waals surface area contributed by atoms with Gasteiger partial charge < -0.3 is 15.8 Å². The van der Waals surface area contributed by atoms with Crippen LogP contribution in [0.1, 0.15) is 18.9 Å². The van der Waals surface area contributed by atoms with Crippen molar-refractivity contribution in [2.24, 2.45) is 5.73 Å². The van der Waals surface area contributed by atoms with Gasteiger partial charge in [-0.15, -0.1) is 0 Å². The summed E-state index contributed by atoms with van der Waals surface area (Å²) in [5, 5.41) is 2.96. The normalized spacial score (nSPS) is 13.9. The van der Waals surface area contributed by atoms with Crippen molar-refractivity contribution < 1.29 is 9.53 Å². The van der Waals surface area contributed by atoms with Crippen molar-refractivity contribution >= 4 is 21.8 Å². The van der Waals surface area contributed by atoms with E-state index in [9.17, 15) is 4.79 Å². The molecule has 19 heavy (non-hydrogen) atoms. The Morgan fingerprint density at radius 2 is 2.26 bits per heavy atom. The van der Waals surface area contributed by atoms with Crippen molar-refractivity contribution in [3.8, 4) is 0 Å². The number of halogens is 1. The molecule has 0 bridgehead atoms. The summed E-state index contributed by atoms with van der Waals surface area (Å²) in [6.45, 7) is 2.34. The molecule has 0 aliphatic heterocycles. The summed E-state index contributed by atoms with van der Waals surface area (Å²) in [5.41, 5.74) is 6.68. The third-order valence-electron chi connectivity index (χ3n) is 2.85. The van der Waals surface area contributed by atoms with Gasteiger partial charge in [0.05, 0.1) is 12.5 Å². The molecule has 0 saturated heterocycles. The van der Waals surface area contributed by atoms with Crippen molar-refractivity contribution in [2.75, 3.05) is 13.7 Å². The largest absolute Gasteiger partial charge is 0.380 e. The molecule has 4 nitrogen and oxygen atoms in total. The minimum Gasteiger partial charge on any atom is -0.380 e. The number of amides is 1. The maximum absolute atomic E-state index is 11.8. The first kappa shape index (κ1) is 16.1. The topological polar surface area (TPSA) is 64.3 Å². The smallest absolute Gasteiger partial charge is 0.222 e. The van der Waals surface area contributed by atoms with E-state index in [1.807, 2.05) is 25.1 Å². The zero-order chi connectivity index (χ0) is 14.3. The van der Waals surface area contributed by atoms with Crippen LogP contribution in [-0.2, 0) is 16.0 Å². The second-order valence-electron chi connectivity index (χ2n) is 4.60. The van der Waals surface area contributed by atoms with E-state index in [1.165, 1.54) is 5.56 Å². The molecule has 1 aromatic rings. The van der Waals surface area contributed by atoms with Crippen molar-refractivity contribution in [1.29, 1.82) is 0 Å². The molecule has 1 amide bonds. The highest BCUT2D eigenvalue weighted by atomic mass is 79.9. The van der Waals surface area contributed by atoms with E-state index in [0.29, 0.717) is 13.0 Å². The van der Waals surface area contributed by atoms with E-state index in [-0.39, 0.29) is 18.1 Å². The van der Waals surface area contributed by atoms with Crippen LogP contribution in [0.5, 0.6) is 0 Å². The Kier molecular flexibility index (Phi) is 7.05. The van der Waals surface area contributed by atoms with Crippen molar-refractivity contribution in [1.82, 2.24) is 5.32 Å². The summed E-state index contributed by atoms with van der Waals surface area (Å²) in [7, 11) is 1.57. The fraction of sp³-hybridized carbons (Fsp3) is 0.500. The van der Waals surface area contributed by atoms with E-state index >= 15 is 0 Å². The molecule has 0 aromatic heterocycles. The number of nitrogens with two attached hydrogens (primary N) is 1. The Labute approximate surface area is 122 Å². The highest BCUT2D eigenvalue weighted by Gasteiger charge is 2.13. The van der Waals surface area contributed by atoms with Gasteiger partial charge in [0.1, 0.15) is 0 Å². The van der Waals surface area contributed by atoms with Gasteiger partial charge >= 0.3 is 0 Å². The van der Waals surface area contributed by atoms with Gasteiger partial charge in [0.25, 0.3) is 0 Å². The van der Waals surface area contributed by atoms with Gasteiger partial charge in [-0.25, -0.2) is 0 Å². The lowest BCUT2D eigenvalue weighted by Gasteiger charge is -2.17. The molecule has 2 unspecified atom stereocenters. The van der Waals surface area contributed by atoms with Gasteiger partial charge in [-0.05, 0) is 31.0 Å². The first-order valence-corrected chi connectivity index (χ1v) is 7.11. The third-order valence-corrected chi connectivity index (χ3v) is 3.34. The predicted molar refractivity (Wildman–Crippen MR) is 79.9 cm³/mol. The van der Waals surface area contributed by atoms with Gasteiger partial charge in [-0.1, -0.05) is 28.1 Å². The molecule has 5 heteroatoms. The highest BCUT2D eigenvalue weighted by Crippen LogP contribution is 2.13. The molecule has 1 rings (SSSR count). The summed E-state index contributed by atoms with van der Waals surface area (Å²) in [6.07, 6.45) is 0.888. The van der Waals surface area contributed by atoms with Crippen LogP contribution in [0.2, 0.25) is 0 Å². The van der Waals surface area contributed by atoms with E-state index in [2.05, 4.69) is 27.3 Å². The number of nitrogens with one attached hydrogen (secondary N) is 1. The van der Waals surface area contributed by atoms with Gasteiger partial charge in [0, 0.05) is 24.2 Å². The summed E-state index contributed by atoms with van der Waals surface area (Å²) in [6, 6.07) is 8.16. The molecule has 0 aliphatic rings. The van der Waals surface area contributed by atoms with Crippen molar-refractivity contribution in [2.45, 2.75) is 31.9 Å². The van der Waals surface area contributed by atoms with Crippen LogP contribution in [0.25, 0.3) is 0 Å². The maximum Gasteiger partial charge on any atom is 0.222 e. The highest BCUT2D eigenvalue weighted by molar-refractivity contribution is 9.10. The van der Waals surface area contributed by atoms with Gasteiger partial charge in [-0.3, -0.25) is 4.79 Å². The summed E-state index contributed by atoms with van der Waals surface area (Å²) < 4.78 is 6.14. The lowest BCUT2D eigenvalue weighted by molar-refractivity contribution is -0.123. The van der Waals surface area contributed by atoms with Crippen LogP contribution in [0.15, 0.2) is 28.7 Å². The van der Waals surface area contributed by atoms with Crippen LogP contribution in [0.4, 0.5) is 0 Å². The van der Waals surface area contributed by atoms with Crippen LogP contribution >= 0.6 is 15.9 Å². The molecule has 0 radical (unpaired) electrons. The SMILES string of the molecule is COC(CN)CC(=O)NC(C)Cc1cccc(Br)c1. The molecule has 3 N–H and O–H groups in total. The average molecular weight is 329 g/mol. The zero-order valence-electron chi connectivity index (χ0n) is 11.4. The standard InChI is InChI=1S/C14H21BrN2O2/c1-10(6-11-4-3-5-12(15)7-11)17-14(18)8-13(9-16)19-2/h3-5,7,10,13H,6,8-9,16H2,1-2H3,(H,17,18). The molecule has 2 atom stereocenters. The van der Waals surface area contributed by atoms with Crippen molar-refractivity contribution in [3.05, 3.63) is 34.3 Å². The fourth-order valence-corrected chi connectivity index (χ4v) is 2.32. The van der Waals surface area contributed by atoms with Crippen molar-refractivity contribution in [3.63, 3.8) is 0 Å². The lowest BCUT2D eigenvalue weighted by atomic mass is 10.1. The Bertz CT molecular complexity index is 408. The third kappa shape index (κ3) is 6.18. The zero-order valence-corrected chi connectivity index (χ0v) is 12.9. The van der Waals surface area contributed by atoms with E-state index in [4.69, 9.17) is 10.5 Å².